The SMILES string of the molecule is CCOC(=O)COCCNc1cc(F)cc(F)c1. The van der Waals surface area contributed by atoms with Crippen LogP contribution in [0.1, 0.15) is 6.92 Å². The minimum Gasteiger partial charge on any atom is -0.464 e. The maximum absolute atomic E-state index is 12.8. The molecule has 1 aromatic carbocycles. The quantitative estimate of drug-likeness (QED) is 0.600. The molecule has 0 atom stereocenters. The van der Waals surface area contributed by atoms with Crippen LogP contribution in [0.15, 0.2) is 18.2 Å². The van der Waals surface area contributed by atoms with Crippen LogP contribution < -0.4 is 5.32 Å². The fourth-order valence-corrected chi connectivity index (χ4v) is 1.28. The number of halogens is 2. The summed E-state index contributed by atoms with van der Waals surface area (Å²) in [6.45, 7) is 2.45. The summed E-state index contributed by atoms with van der Waals surface area (Å²) in [5.41, 5.74) is 0.326. The second-order valence-corrected chi connectivity index (χ2v) is 3.44. The number of hydrogen-bond acceptors (Lipinski definition) is 4. The fourth-order valence-electron chi connectivity index (χ4n) is 1.28. The summed E-state index contributed by atoms with van der Waals surface area (Å²) in [5, 5.41) is 2.77. The number of carbonyl (C=O) groups excluding carboxylic acids is 1. The van der Waals surface area contributed by atoms with Crippen molar-refractivity contribution in [1.82, 2.24) is 0 Å². The predicted octanol–water partition coefficient (Wildman–Crippen LogP) is 1.96. The Morgan fingerprint density at radius 2 is 1.94 bits per heavy atom. The molecule has 0 aliphatic carbocycles. The maximum Gasteiger partial charge on any atom is 0.332 e. The number of ether oxygens (including phenoxy) is 2. The molecule has 0 aliphatic heterocycles. The Morgan fingerprint density at radius 1 is 1.28 bits per heavy atom. The maximum atomic E-state index is 12.8. The Labute approximate surface area is 104 Å². The number of nitrogens with one attached hydrogen (secondary N) is 1. The Hall–Kier alpha value is -1.69. The lowest BCUT2D eigenvalue weighted by Gasteiger charge is -2.07. The molecule has 0 spiro atoms. The number of rotatable bonds is 7. The molecular formula is C12H15F2NO3. The Morgan fingerprint density at radius 3 is 2.56 bits per heavy atom. The Balaban J connectivity index is 2.19. The highest BCUT2D eigenvalue weighted by atomic mass is 19.1. The number of esters is 1. The topological polar surface area (TPSA) is 47.6 Å². The average molecular weight is 259 g/mol. The summed E-state index contributed by atoms with van der Waals surface area (Å²) in [5.74, 6) is -1.73. The minimum atomic E-state index is -0.648. The van der Waals surface area contributed by atoms with Gasteiger partial charge >= 0.3 is 5.97 Å². The monoisotopic (exact) mass is 259 g/mol. The molecule has 100 valence electrons. The largest absolute Gasteiger partial charge is 0.464 e. The van der Waals surface area contributed by atoms with Gasteiger partial charge in [0.05, 0.1) is 13.2 Å². The van der Waals surface area contributed by atoms with E-state index in [0.29, 0.717) is 18.8 Å². The van der Waals surface area contributed by atoms with Crippen LogP contribution in [-0.2, 0) is 14.3 Å². The summed E-state index contributed by atoms with van der Waals surface area (Å²) < 4.78 is 35.3. The van der Waals surface area contributed by atoms with Crippen molar-refractivity contribution in [3.63, 3.8) is 0 Å². The van der Waals surface area contributed by atoms with Crippen molar-refractivity contribution in [2.75, 3.05) is 31.7 Å². The van der Waals surface area contributed by atoms with Crippen molar-refractivity contribution in [2.24, 2.45) is 0 Å². The van der Waals surface area contributed by atoms with E-state index in [-0.39, 0.29) is 13.2 Å². The highest BCUT2D eigenvalue weighted by molar-refractivity contribution is 5.70. The second-order valence-electron chi connectivity index (χ2n) is 3.44. The zero-order valence-electron chi connectivity index (χ0n) is 10.0. The first-order valence-corrected chi connectivity index (χ1v) is 5.55. The van der Waals surface area contributed by atoms with Crippen molar-refractivity contribution in [3.8, 4) is 0 Å². The molecule has 0 saturated heterocycles. The first-order valence-electron chi connectivity index (χ1n) is 5.55. The highest BCUT2D eigenvalue weighted by Crippen LogP contribution is 2.12. The molecule has 6 heteroatoms. The van der Waals surface area contributed by atoms with Gasteiger partial charge < -0.3 is 14.8 Å². The molecule has 0 bridgehead atoms. The summed E-state index contributed by atoms with van der Waals surface area (Å²) in [6.07, 6.45) is 0. The lowest BCUT2D eigenvalue weighted by molar-refractivity contribution is -0.148. The van der Waals surface area contributed by atoms with E-state index in [0.717, 1.165) is 6.07 Å². The zero-order valence-corrected chi connectivity index (χ0v) is 10.0. The van der Waals surface area contributed by atoms with E-state index in [1.54, 1.807) is 6.92 Å². The molecule has 0 heterocycles. The lowest BCUT2D eigenvalue weighted by Crippen LogP contribution is -2.16. The number of benzene rings is 1. The summed E-state index contributed by atoms with van der Waals surface area (Å²) in [4.78, 5) is 10.9. The van der Waals surface area contributed by atoms with Crippen LogP contribution in [0, 0.1) is 11.6 Å². The molecular weight excluding hydrogens is 244 g/mol. The normalized spacial score (nSPS) is 10.2. The third-order valence-corrected chi connectivity index (χ3v) is 1.96. The van der Waals surface area contributed by atoms with Crippen molar-refractivity contribution >= 4 is 11.7 Å². The first kappa shape index (κ1) is 14.4. The van der Waals surface area contributed by atoms with Crippen LogP contribution in [0.4, 0.5) is 14.5 Å². The van der Waals surface area contributed by atoms with Gasteiger partial charge in [-0.2, -0.15) is 0 Å². The first-order chi connectivity index (χ1) is 8.61. The molecule has 0 fully saturated rings. The van der Waals surface area contributed by atoms with Crippen LogP contribution in [0.5, 0.6) is 0 Å². The van der Waals surface area contributed by atoms with Crippen molar-refractivity contribution < 1.29 is 23.0 Å². The van der Waals surface area contributed by atoms with Gasteiger partial charge in [0.2, 0.25) is 0 Å². The van der Waals surface area contributed by atoms with E-state index < -0.39 is 17.6 Å². The van der Waals surface area contributed by atoms with Crippen LogP contribution in [0.25, 0.3) is 0 Å². The van der Waals surface area contributed by atoms with E-state index in [1.165, 1.54) is 12.1 Å². The molecule has 0 radical (unpaired) electrons. The Bertz CT molecular complexity index is 379. The second kappa shape index (κ2) is 7.60. The van der Waals surface area contributed by atoms with E-state index in [4.69, 9.17) is 4.74 Å². The molecule has 4 nitrogen and oxygen atoms in total. The van der Waals surface area contributed by atoms with E-state index in [2.05, 4.69) is 10.1 Å². The van der Waals surface area contributed by atoms with Crippen molar-refractivity contribution in [3.05, 3.63) is 29.8 Å². The number of anilines is 1. The Kier molecular flexibility index (Phi) is 6.07. The molecule has 0 aliphatic rings. The van der Waals surface area contributed by atoms with Gasteiger partial charge in [-0.1, -0.05) is 0 Å². The van der Waals surface area contributed by atoms with E-state index in [9.17, 15) is 13.6 Å². The van der Waals surface area contributed by atoms with Crippen molar-refractivity contribution in [1.29, 1.82) is 0 Å². The predicted molar refractivity (Wildman–Crippen MR) is 62.3 cm³/mol. The van der Waals surface area contributed by atoms with Gasteiger partial charge in [-0.25, -0.2) is 13.6 Å². The fraction of sp³-hybridized carbons (Fsp3) is 0.417. The van der Waals surface area contributed by atoms with Crippen LogP contribution in [-0.4, -0.2) is 32.3 Å². The molecule has 1 N–H and O–H groups in total. The van der Waals surface area contributed by atoms with Crippen LogP contribution in [0.2, 0.25) is 0 Å². The van der Waals surface area contributed by atoms with Crippen LogP contribution in [0.3, 0.4) is 0 Å². The van der Waals surface area contributed by atoms with Crippen LogP contribution >= 0.6 is 0 Å². The van der Waals surface area contributed by atoms with Gasteiger partial charge in [-0.3, -0.25) is 0 Å². The van der Waals surface area contributed by atoms with Crippen molar-refractivity contribution in [2.45, 2.75) is 6.92 Å². The summed E-state index contributed by atoms with van der Waals surface area (Å²) in [7, 11) is 0. The van der Waals surface area contributed by atoms with Gasteiger partial charge in [-0.05, 0) is 19.1 Å². The standard InChI is InChI=1S/C12H15F2NO3/c1-2-18-12(16)8-17-4-3-15-11-6-9(13)5-10(14)7-11/h5-7,15H,2-4,8H2,1H3. The van der Waals surface area contributed by atoms with Gasteiger partial charge in [-0.15, -0.1) is 0 Å². The number of hydrogen-bond donors (Lipinski definition) is 1. The minimum absolute atomic E-state index is 0.132. The average Bonchev–Trinajstić information content (AvgIpc) is 2.27. The van der Waals surface area contributed by atoms with Gasteiger partial charge in [0.15, 0.2) is 0 Å². The zero-order chi connectivity index (χ0) is 13.4. The van der Waals surface area contributed by atoms with E-state index >= 15 is 0 Å². The molecule has 0 unspecified atom stereocenters. The molecule has 1 aromatic rings. The smallest absolute Gasteiger partial charge is 0.332 e. The molecule has 0 saturated carbocycles. The molecule has 0 amide bonds. The highest BCUT2D eigenvalue weighted by Gasteiger charge is 2.02. The number of carbonyl (C=O) groups is 1. The summed E-state index contributed by atoms with van der Waals surface area (Å²) in [6, 6.07) is 3.14. The van der Waals surface area contributed by atoms with Gasteiger partial charge in [0, 0.05) is 18.3 Å². The summed E-state index contributed by atoms with van der Waals surface area (Å²) >= 11 is 0. The lowest BCUT2D eigenvalue weighted by atomic mass is 10.3. The third kappa shape index (κ3) is 5.58. The molecule has 18 heavy (non-hydrogen) atoms. The van der Waals surface area contributed by atoms with Gasteiger partial charge in [0.25, 0.3) is 0 Å². The molecule has 1 rings (SSSR count). The molecule has 0 aromatic heterocycles. The van der Waals surface area contributed by atoms with Gasteiger partial charge in [0.1, 0.15) is 18.2 Å². The van der Waals surface area contributed by atoms with E-state index in [1.807, 2.05) is 0 Å². The third-order valence-electron chi connectivity index (χ3n) is 1.96.